The van der Waals surface area contributed by atoms with Gasteiger partial charge in [0.15, 0.2) is 0 Å². The van der Waals surface area contributed by atoms with Crippen molar-refractivity contribution in [1.29, 1.82) is 0 Å². The number of unbranched alkanes of at least 4 members (excludes halogenated alkanes) is 3. The monoisotopic (exact) mass is 246 g/mol. The van der Waals surface area contributed by atoms with Gasteiger partial charge in [0.1, 0.15) is 0 Å². The summed E-state index contributed by atoms with van der Waals surface area (Å²) in [5.74, 6) is -0.892. The van der Waals surface area contributed by atoms with Crippen LogP contribution >= 0.6 is 0 Å². The number of aliphatic carboxylic acids is 1. The Morgan fingerprint density at radius 3 is 2.39 bits per heavy atom. The molecule has 0 aliphatic carbocycles. The van der Waals surface area contributed by atoms with Crippen molar-refractivity contribution in [2.24, 2.45) is 0 Å². The molecule has 0 fully saturated rings. The van der Waals surface area contributed by atoms with Crippen molar-refractivity contribution < 1.29 is 9.90 Å². The van der Waals surface area contributed by atoms with Crippen LogP contribution in [0.25, 0.3) is 5.57 Å². The molecule has 0 spiro atoms. The zero-order valence-electron chi connectivity index (χ0n) is 11.3. The molecule has 1 aromatic rings. The van der Waals surface area contributed by atoms with E-state index in [2.05, 4.69) is 19.1 Å². The first-order valence-corrected chi connectivity index (χ1v) is 6.64. The minimum absolute atomic E-state index is 0.792. The lowest BCUT2D eigenvalue weighted by atomic mass is 10.0. The van der Waals surface area contributed by atoms with Crippen LogP contribution in [0.2, 0.25) is 0 Å². The molecule has 0 aromatic heterocycles. The lowest BCUT2D eigenvalue weighted by Gasteiger charge is -2.04. The van der Waals surface area contributed by atoms with E-state index in [0.29, 0.717) is 0 Å². The normalized spacial score (nSPS) is 11.6. The van der Waals surface area contributed by atoms with Crippen molar-refractivity contribution >= 4 is 11.5 Å². The minimum atomic E-state index is -0.892. The Kier molecular flexibility index (Phi) is 6.20. The molecule has 1 rings (SSSR count). The number of rotatable bonds is 7. The molecule has 1 aromatic carbocycles. The number of allylic oxidation sites excluding steroid dienone is 1. The van der Waals surface area contributed by atoms with Crippen LogP contribution in [-0.2, 0) is 11.2 Å². The van der Waals surface area contributed by atoms with Gasteiger partial charge in [-0.05, 0) is 36.5 Å². The molecule has 0 aliphatic rings. The Morgan fingerprint density at radius 2 is 1.83 bits per heavy atom. The molecule has 0 bridgehead atoms. The molecule has 0 heterocycles. The van der Waals surface area contributed by atoms with Gasteiger partial charge >= 0.3 is 5.97 Å². The fraction of sp³-hybridized carbons (Fsp3) is 0.438. The number of carbonyl (C=O) groups is 1. The summed E-state index contributed by atoms with van der Waals surface area (Å²) < 4.78 is 0. The van der Waals surface area contributed by atoms with Gasteiger partial charge in [-0.2, -0.15) is 0 Å². The van der Waals surface area contributed by atoms with Gasteiger partial charge in [-0.15, -0.1) is 0 Å². The van der Waals surface area contributed by atoms with Crippen molar-refractivity contribution in [3.05, 3.63) is 41.5 Å². The lowest BCUT2D eigenvalue weighted by molar-refractivity contribution is -0.131. The van der Waals surface area contributed by atoms with Gasteiger partial charge in [0.2, 0.25) is 0 Å². The fourth-order valence-corrected chi connectivity index (χ4v) is 1.96. The predicted octanol–water partition coefficient (Wildman–Crippen LogP) is 4.30. The summed E-state index contributed by atoms with van der Waals surface area (Å²) in [5.41, 5.74) is 3.10. The fourth-order valence-electron chi connectivity index (χ4n) is 1.96. The molecule has 98 valence electrons. The summed E-state index contributed by atoms with van der Waals surface area (Å²) in [4.78, 5) is 10.6. The van der Waals surface area contributed by atoms with Crippen molar-refractivity contribution in [2.75, 3.05) is 0 Å². The molecule has 1 N–H and O–H groups in total. The maximum Gasteiger partial charge on any atom is 0.328 e. The van der Waals surface area contributed by atoms with Gasteiger partial charge in [0.25, 0.3) is 0 Å². The quantitative estimate of drug-likeness (QED) is 0.575. The number of aryl methyl sites for hydroxylation is 1. The standard InChI is InChI=1S/C16H22O2/c1-3-4-5-6-7-14-8-10-15(11-9-14)13(2)12-16(17)18/h8-12H,3-7H2,1-2H3,(H,17,18)/b13-12-. The van der Waals surface area contributed by atoms with Gasteiger partial charge in [-0.1, -0.05) is 50.5 Å². The van der Waals surface area contributed by atoms with E-state index in [1.54, 1.807) is 0 Å². The van der Waals surface area contributed by atoms with Crippen LogP contribution in [0.5, 0.6) is 0 Å². The smallest absolute Gasteiger partial charge is 0.328 e. The molecule has 2 nitrogen and oxygen atoms in total. The van der Waals surface area contributed by atoms with Gasteiger partial charge in [-0.25, -0.2) is 4.79 Å². The number of benzene rings is 1. The molecule has 0 saturated heterocycles. The Hall–Kier alpha value is -1.57. The highest BCUT2D eigenvalue weighted by Gasteiger charge is 1.99. The zero-order chi connectivity index (χ0) is 13.4. The Labute approximate surface area is 109 Å². The summed E-state index contributed by atoms with van der Waals surface area (Å²) >= 11 is 0. The number of hydrogen-bond acceptors (Lipinski definition) is 1. The largest absolute Gasteiger partial charge is 0.478 e. The zero-order valence-corrected chi connectivity index (χ0v) is 11.3. The van der Waals surface area contributed by atoms with E-state index in [1.165, 1.54) is 37.3 Å². The molecule has 2 heteroatoms. The summed E-state index contributed by atoms with van der Waals surface area (Å²) in [7, 11) is 0. The average Bonchev–Trinajstić information content (AvgIpc) is 2.34. The van der Waals surface area contributed by atoms with Crippen molar-refractivity contribution in [3.8, 4) is 0 Å². The van der Waals surface area contributed by atoms with Crippen LogP contribution in [0.4, 0.5) is 0 Å². The van der Waals surface area contributed by atoms with Crippen LogP contribution in [-0.4, -0.2) is 11.1 Å². The van der Waals surface area contributed by atoms with Gasteiger partial charge < -0.3 is 5.11 Å². The molecule has 0 radical (unpaired) electrons. The third-order valence-corrected chi connectivity index (χ3v) is 3.07. The van der Waals surface area contributed by atoms with E-state index < -0.39 is 5.97 Å². The molecular weight excluding hydrogens is 224 g/mol. The summed E-state index contributed by atoms with van der Waals surface area (Å²) in [6, 6.07) is 8.20. The highest BCUT2D eigenvalue weighted by molar-refractivity contribution is 5.89. The Balaban J connectivity index is 2.54. The number of hydrogen-bond donors (Lipinski definition) is 1. The Bertz CT molecular complexity index is 402. The maximum atomic E-state index is 10.6. The van der Waals surface area contributed by atoms with E-state index in [9.17, 15) is 4.79 Å². The van der Waals surface area contributed by atoms with Crippen molar-refractivity contribution in [2.45, 2.75) is 46.0 Å². The molecule has 0 amide bonds. The van der Waals surface area contributed by atoms with E-state index in [1.807, 2.05) is 19.1 Å². The second kappa shape index (κ2) is 7.70. The van der Waals surface area contributed by atoms with E-state index in [0.717, 1.165) is 17.6 Å². The average molecular weight is 246 g/mol. The second-order valence-corrected chi connectivity index (χ2v) is 4.67. The first-order chi connectivity index (χ1) is 8.63. The highest BCUT2D eigenvalue weighted by atomic mass is 16.4. The van der Waals surface area contributed by atoms with Gasteiger partial charge in [0.05, 0.1) is 0 Å². The molecule has 0 unspecified atom stereocenters. The minimum Gasteiger partial charge on any atom is -0.478 e. The van der Waals surface area contributed by atoms with E-state index in [4.69, 9.17) is 5.11 Å². The highest BCUT2D eigenvalue weighted by Crippen LogP contribution is 2.16. The first kappa shape index (κ1) is 14.5. The summed E-state index contributed by atoms with van der Waals surface area (Å²) in [5, 5.41) is 8.69. The Morgan fingerprint density at radius 1 is 1.17 bits per heavy atom. The van der Waals surface area contributed by atoms with E-state index in [-0.39, 0.29) is 0 Å². The molecular formula is C16H22O2. The van der Waals surface area contributed by atoms with Gasteiger partial charge in [-0.3, -0.25) is 0 Å². The maximum absolute atomic E-state index is 10.6. The number of carboxylic acids is 1. The first-order valence-electron chi connectivity index (χ1n) is 6.64. The van der Waals surface area contributed by atoms with Crippen LogP contribution in [0.3, 0.4) is 0 Å². The molecule has 0 atom stereocenters. The van der Waals surface area contributed by atoms with Gasteiger partial charge in [0, 0.05) is 6.08 Å². The SMILES string of the molecule is CCCCCCc1ccc(/C(C)=C\C(=O)O)cc1. The summed E-state index contributed by atoms with van der Waals surface area (Å²) in [6.45, 7) is 4.04. The number of carboxylic acid groups (broad SMARTS) is 1. The topological polar surface area (TPSA) is 37.3 Å². The molecule has 0 aliphatic heterocycles. The predicted molar refractivity (Wildman–Crippen MR) is 75.6 cm³/mol. The van der Waals surface area contributed by atoms with Crippen LogP contribution in [0.1, 0.15) is 50.7 Å². The van der Waals surface area contributed by atoms with Crippen molar-refractivity contribution in [3.63, 3.8) is 0 Å². The van der Waals surface area contributed by atoms with Crippen LogP contribution in [0.15, 0.2) is 30.3 Å². The van der Waals surface area contributed by atoms with Crippen molar-refractivity contribution in [1.82, 2.24) is 0 Å². The molecule has 18 heavy (non-hydrogen) atoms. The third kappa shape index (κ3) is 5.17. The van der Waals surface area contributed by atoms with Crippen LogP contribution in [0, 0.1) is 0 Å². The molecule has 0 saturated carbocycles. The third-order valence-electron chi connectivity index (χ3n) is 3.07. The van der Waals surface area contributed by atoms with E-state index >= 15 is 0 Å². The van der Waals surface area contributed by atoms with Crippen LogP contribution < -0.4 is 0 Å². The second-order valence-electron chi connectivity index (χ2n) is 4.67. The lowest BCUT2D eigenvalue weighted by Crippen LogP contribution is -1.91. The summed E-state index contributed by atoms with van der Waals surface area (Å²) in [6.07, 6.45) is 7.45.